The van der Waals surface area contributed by atoms with Crippen LogP contribution in [0.25, 0.3) is 0 Å². The summed E-state index contributed by atoms with van der Waals surface area (Å²) < 4.78 is 5.34. The number of carbonyl (C=O) groups excluding carboxylic acids is 1. The van der Waals surface area contributed by atoms with Crippen LogP contribution in [0.15, 0.2) is 12.1 Å². The highest BCUT2D eigenvalue weighted by Gasteiger charge is 2.41. The normalized spacial score (nSPS) is 23.5. The first kappa shape index (κ1) is 14.5. The molecule has 1 aromatic rings. The molecule has 1 aliphatic carbocycles. The van der Waals surface area contributed by atoms with E-state index in [0.29, 0.717) is 23.2 Å². The van der Waals surface area contributed by atoms with E-state index in [0.717, 1.165) is 25.8 Å². The molecule has 4 nitrogen and oxygen atoms in total. The van der Waals surface area contributed by atoms with Gasteiger partial charge in [0.25, 0.3) is 0 Å². The minimum Gasteiger partial charge on any atom is -0.495 e. The Kier molecular flexibility index (Phi) is 3.98. The van der Waals surface area contributed by atoms with Gasteiger partial charge in [-0.3, -0.25) is 0 Å². The Hall–Kier alpha value is -1.42. The van der Waals surface area contributed by atoms with Gasteiger partial charge in [-0.05, 0) is 55.4 Å². The van der Waals surface area contributed by atoms with E-state index in [2.05, 4.69) is 5.32 Å². The van der Waals surface area contributed by atoms with Crippen molar-refractivity contribution in [3.8, 4) is 5.75 Å². The molecule has 21 heavy (non-hydrogen) atoms. The van der Waals surface area contributed by atoms with Crippen molar-refractivity contribution in [2.75, 3.05) is 20.2 Å². The second-order valence-electron chi connectivity index (χ2n) is 5.77. The van der Waals surface area contributed by atoms with Crippen LogP contribution < -0.4 is 10.1 Å². The molecule has 3 rings (SSSR count). The zero-order chi connectivity index (χ0) is 15.0. The lowest BCUT2D eigenvalue weighted by atomic mass is 9.90. The van der Waals surface area contributed by atoms with Crippen LogP contribution in [0, 0.1) is 5.92 Å². The SMILES string of the molecule is CCNC(=O)N1CCC[C@@H]2Cc3cc(Cl)c(OC)cc3[C@H]21. The van der Waals surface area contributed by atoms with E-state index >= 15 is 0 Å². The molecule has 0 radical (unpaired) electrons. The second kappa shape index (κ2) is 5.76. The number of hydrogen-bond donors (Lipinski definition) is 1. The molecule has 1 N–H and O–H groups in total. The molecule has 2 amide bonds. The average Bonchev–Trinajstić information content (AvgIpc) is 2.83. The predicted molar refractivity (Wildman–Crippen MR) is 83.0 cm³/mol. The maximum Gasteiger partial charge on any atom is 0.317 e. The fourth-order valence-corrected chi connectivity index (χ4v) is 3.96. The first-order chi connectivity index (χ1) is 10.2. The number of nitrogens with zero attached hydrogens (tertiary/aromatic N) is 1. The maximum atomic E-state index is 12.3. The van der Waals surface area contributed by atoms with Crippen LogP contribution in [-0.2, 0) is 6.42 Å². The van der Waals surface area contributed by atoms with Gasteiger partial charge < -0.3 is 15.0 Å². The van der Waals surface area contributed by atoms with Gasteiger partial charge in [0.1, 0.15) is 5.75 Å². The number of halogens is 1. The van der Waals surface area contributed by atoms with Crippen molar-refractivity contribution < 1.29 is 9.53 Å². The Morgan fingerprint density at radius 3 is 3.05 bits per heavy atom. The molecule has 2 atom stereocenters. The molecule has 1 aromatic carbocycles. The highest BCUT2D eigenvalue weighted by Crippen LogP contribution is 2.47. The number of piperidine rings is 1. The number of nitrogens with one attached hydrogen (secondary N) is 1. The predicted octanol–water partition coefficient (Wildman–Crippen LogP) is 3.39. The lowest BCUT2D eigenvalue weighted by Gasteiger charge is -2.38. The Morgan fingerprint density at radius 2 is 2.33 bits per heavy atom. The zero-order valence-electron chi connectivity index (χ0n) is 12.5. The highest BCUT2D eigenvalue weighted by molar-refractivity contribution is 6.32. The summed E-state index contributed by atoms with van der Waals surface area (Å²) in [5.41, 5.74) is 2.46. The third-order valence-electron chi connectivity index (χ3n) is 4.56. The van der Waals surface area contributed by atoms with Crippen molar-refractivity contribution in [3.05, 3.63) is 28.3 Å². The number of benzene rings is 1. The Bertz CT molecular complexity index is 561. The summed E-state index contributed by atoms with van der Waals surface area (Å²) in [6.07, 6.45) is 3.23. The molecule has 114 valence electrons. The van der Waals surface area contributed by atoms with Gasteiger partial charge >= 0.3 is 6.03 Å². The van der Waals surface area contributed by atoms with Crippen molar-refractivity contribution in [1.82, 2.24) is 10.2 Å². The van der Waals surface area contributed by atoms with E-state index in [1.165, 1.54) is 11.1 Å². The molecule has 5 heteroatoms. The van der Waals surface area contributed by atoms with E-state index in [1.54, 1.807) is 7.11 Å². The molecule has 1 aliphatic heterocycles. The molecule has 0 saturated carbocycles. The number of urea groups is 1. The van der Waals surface area contributed by atoms with Gasteiger partial charge in [0.2, 0.25) is 0 Å². The Balaban J connectivity index is 1.97. The van der Waals surface area contributed by atoms with E-state index < -0.39 is 0 Å². The third-order valence-corrected chi connectivity index (χ3v) is 4.85. The molecule has 1 saturated heterocycles. The number of fused-ring (bicyclic) bond motifs is 3. The molecule has 0 bridgehead atoms. The summed E-state index contributed by atoms with van der Waals surface area (Å²) in [5, 5.41) is 3.58. The highest BCUT2D eigenvalue weighted by atomic mass is 35.5. The number of hydrogen-bond acceptors (Lipinski definition) is 2. The number of amides is 2. The van der Waals surface area contributed by atoms with Gasteiger partial charge in [-0.25, -0.2) is 4.79 Å². The van der Waals surface area contributed by atoms with Crippen molar-refractivity contribution in [1.29, 1.82) is 0 Å². The van der Waals surface area contributed by atoms with Crippen molar-refractivity contribution in [3.63, 3.8) is 0 Å². The van der Waals surface area contributed by atoms with Crippen LogP contribution in [0.3, 0.4) is 0 Å². The number of carbonyl (C=O) groups is 1. The largest absolute Gasteiger partial charge is 0.495 e. The van der Waals surface area contributed by atoms with Crippen LogP contribution in [-0.4, -0.2) is 31.1 Å². The van der Waals surface area contributed by atoms with Crippen LogP contribution in [0.2, 0.25) is 5.02 Å². The number of rotatable bonds is 2. The number of likely N-dealkylation sites (tertiary alicyclic amines) is 1. The second-order valence-corrected chi connectivity index (χ2v) is 6.17. The fourth-order valence-electron chi connectivity index (χ4n) is 3.69. The molecule has 0 unspecified atom stereocenters. The fraction of sp³-hybridized carbons (Fsp3) is 0.562. The van der Waals surface area contributed by atoms with Crippen LogP contribution in [0.1, 0.15) is 36.9 Å². The lowest BCUT2D eigenvalue weighted by molar-refractivity contribution is 0.122. The zero-order valence-corrected chi connectivity index (χ0v) is 13.2. The summed E-state index contributed by atoms with van der Waals surface area (Å²) in [6, 6.07) is 4.21. The Labute approximate surface area is 130 Å². The quantitative estimate of drug-likeness (QED) is 0.910. The van der Waals surface area contributed by atoms with Gasteiger partial charge in [-0.1, -0.05) is 11.6 Å². The average molecular weight is 309 g/mol. The maximum absolute atomic E-state index is 12.3. The summed E-state index contributed by atoms with van der Waals surface area (Å²) >= 11 is 6.24. The minimum atomic E-state index is 0.0361. The monoisotopic (exact) mass is 308 g/mol. The van der Waals surface area contributed by atoms with Gasteiger partial charge in [-0.2, -0.15) is 0 Å². The standard InChI is InChI=1S/C16H21ClN2O2/c1-3-18-16(20)19-6-4-5-10-7-11-8-13(17)14(21-2)9-12(11)15(10)19/h8-10,15H,3-7H2,1-2H3,(H,18,20)/t10-,15+/m1/s1. The Morgan fingerprint density at radius 1 is 1.52 bits per heavy atom. The summed E-state index contributed by atoms with van der Waals surface area (Å²) in [7, 11) is 1.63. The van der Waals surface area contributed by atoms with E-state index in [1.807, 2.05) is 24.0 Å². The molecular formula is C16H21ClN2O2. The van der Waals surface area contributed by atoms with Gasteiger partial charge in [0, 0.05) is 13.1 Å². The van der Waals surface area contributed by atoms with Crippen LogP contribution in [0.4, 0.5) is 4.79 Å². The van der Waals surface area contributed by atoms with Crippen molar-refractivity contribution in [2.24, 2.45) is 5.92 Å². The third kappa shape index (κ3) is 2.46. The van der Waals surface area contributed by atoms with Crippen LogP contribution in [0.5, 0.6) is 5.75 Å². The smallest absolute Gasteiger partial charge is 0.317 e. The molecule has 1 heterocycles. The molecule has 0 spiro atoms. The van der Waals surface area contributed by atoms with Gasteiger partial charge in [0.05, 0.1) is 18.2 Å². The number of methoxy groups -OCH3 is 1. The summed E-state index contributed by atoms with van der Waals surface area (Å²) in [5.74, 6) is 1.19. The summed E-state index contributed by atoms with van der Waals surface area (Å²) in [6.45, 7) is 3.42. The first-order valence-electron chi connectivity index (χ1n) is 7.56. The molecule has 0 aromatic heterocycles. The number of ether oxygens (including phenoxy) is 1. The minimum absolute atomic E-state index is 0.0361. The van der Waals surface area contributed by atoms with E-state index in [-0.39, 0.29) is 12.1 Å². The topological polar surface area (TPSA) is 41.6 Å². The van der Waals surface area contributed by atoms with E-state index in [9.17, 15) is 4.79 Å². The van der Waals surface area contributed by atoms with Crippen LogP contribution >= 0.6 is 11.6 Å². The summed E-state index contributed by atoms with van der Waals surface area (Å²) in [4.78, 5) is 14.3. The molecule has 2 aliphatic rings. The van der Waals surface area contributed by atoms with Crippen molar-refractivity contribution in [2.45, 2.75) is 32.2 Å². The lowest BCUT2D eigenvalue weighted by Crippen LogP contribution is -2.46. The van der Waals surface area contributed by atoms with Gasteiger partial charge in [-0.15, -0.1) is 0 Å². The molecular weight excluding hydrogens is 288 g/mol. The van der Waals surface area contributed by atoms with E-state index in [4.69, 9.17) is 16.3 Å². The first-order valence-corrected chi connectivity index (χ1v) is 7.94. The van der Waals surface area contributed by atoms with Gasteiger partial charge in [0.15, 0.2) is 0 Å². The van der Waals surface area contributed by atoms with Crippen molar-refractivity contribution >= 4 is 17.6 Å². The molecule has 1 fully saturated rings.